The Labute approximate surface area is 158 Å². The quantitative estimate of drug-likeness (QED) is 0.900. The van der Waals surface area contributed by atoms with Crippen LogP contribution in [0.1, 0.15) is 18.0 Å². The van der Waals surface area contributed by atoms with Crippen molar-refractivity contribution < 1.29 is 13.9 Å². The molecule has 27 heavy (non-hydrogen) atoms. The van der Waals surface area contributed by atoms with Gasteiger partial charge in [0, 0.05) is 32.2 Å². The Bertz CT molecular complexity index is 829. The Balaban J connectivity index is 1.59. The lowest BCUT2D eigenvalue weighted by atomic mass is 10.0. The highest BCUT2D eigenvalue weighted by atomic mass is 19.1. The Morgan fingerprint density at radius 3 is 2.78 bits per heavy atom. The third-order valence-corrected chi connectivity index (χ3v) is 5.47. The largest absolute Gasteiger partial charge is 0.495 e. The summed E-state index contributed by atoms with van der Waals surface area (Å²) < 4.78 is 19.2. The van der Waals surface area contributed by atoms with Gasteiger partial charge in [0.1, 0.15) is 11.6 Å². The van der Waals surface area contributed by atoms with E-state index in [1.165, 1.54) is 6.07 Å². The van der Waals surface area contributed by atoms with E-state index in [1.54, 1.807) is 19.2 Å². The van der Waals surface area contributed by atoms with Gasteiger partial charge in [-0.2, -0.15) is 0 Å². The van der Waals surface area contributed by atoms with Crippen LogP contribution in [0.2, 0.25) is 0 Å². The molecule has 2 aromatic rings. The van der Waals surface area contributed by atoms with Crippen LogP contribution in [-0.4, -0.2) is 50.1 Å². The molecule has 4 rings (SSSR count). The van der Waals surface area contributed by atoms with Gasteiger partial charge in [0.15, 0.2) is 0 Å². The molecule has 1 amide bonds. The number of methoxy groups -OCH3 is 1. The van der Waals surface area contributed by atoms with Crippen LogP contribution >= 0.6 is 0 Å². The number of carbonyl (C=O) groups is 1. The molecule has 0 aromatic heterocycles. The maximum atomic E-state index is 13.7. The van der Waals surface area contributed by atoms with Crippen molar-refractivity contribution in [2.24, 2.45) is 0 Å². The number of carbonyl (C=O) groups excluding carboxylic acids is 1. The highest BCUT2D eigenvalue weighted by Gasteiger charge is 2.41. The highest BCUT2D eigenvalue weighted by Crippen LogP contribution is 2.35. The molecule has 2 aliphatic rings. The predicted molar refractivity (Wildman–Crippen MR) is 102 cm³/mol. The second-order valence-corrected chi connectivity index (χ2v) is 6.98. The first kappa shape index (κ1) is 17.9. The molecule has 2 aliphatic heterocycles. The fraction of sp³-hybridized carbons (Fsp3) is 0.381. The van der Waals surface area contributed by atoms with E-state index in [2.05, 4.69) is 10.2 Å². The molecule has 0 aliphatic carbocycles. The van der Waals surface area contributed by atoms with Gasteiger partial charge < -0.3 is 15.0 Å². The molecule has 142 valence electrons. The number of hydrogen-bond acceptors (Lipinski definition) is 4. The first-order valence-electron chi connectivity index (χ1n) is 9.35. The maximum Gasteiger partial charge on any atom is 0.244 e. The van der Waals surface area contributed by atoms with Crippen molar-refractivity contribution in [1.29, 1.82) is 0 Å². The topological polar surface area (TPSA) is 44.8 Å². The number of nitrogens with zero attached hydrogens (tertiary/aromatic N) is 2. The number of amides is 1. The molecule has 5 nitrogen and oxygen atoms in total. The average Bonchev–Trinajstić information content (AvgIpc) is 3.09. The molecule has 0 spiro atoms. The SMILES string of the molecule is COc1ccccc1N1CCC(N2CCNCC2c2cccc(F)c2)C1=O. The summed E-state index contributed by atoms with van der Waals surface area (Å²) in [6, 6.07) is 14.1. The molecule has 6 heteroatoms. The maximum absolute atomic E-state index is 13.7. The van der Waals surface area contributed by atoms with Gasteiger partial charge in [0.2, 0.25) is 5.91 Å². The van der Waals surface area contributed by atoms with Gasteiger partial charge in [-0.1, -0.05) is 24.3 Å². The van der Waals surface area contributed by atoms with Crippen molar-refractivity contribution in [3.8, 4) is 5.75 Å². The standard InChI is InChI=1S/C21H24FN3O2/c1-27-20-8-3-2-7-17(20)25-11-9-18(21(25)26)24-12-10-23-14-19(24)15-5-4-6-16(22)13-15/h2-8,13,18-19,23H,9-12,14H2,1H3. The molecule has 2 fully saturated rings. The van der Waals surface area contributed by atoms with Crippen molar-refractivity contribution in [2.75, 3.05) is 38.2 Å². The van der Waals surface area contributed by atoms with Gasteiger partial charge in [0.05, 0.1) is 18.8 Å². The summed E-state index contributed by atoms with van der Waals surface area (Å²) in [5, 5.41) is 3.37. The summed E-state index contributed by atoms with van der Waals surface area (Å²) in [7, 11) is 1.62. The van der Waals surface area contributed by atoms with E-state index in [1.807, 2.05) is 35.2 Å². The minimum atomic E-state index is -0.244. The molecular weight excluding hydrogens is 345 g/mol. The van der Waals surface area contributed by atoms with Gasteiger partial charge >= 0.3 is 0 Å². The van der Waals surface area contributed by atoms with Gasteiger partial charge in [0.25, 0.3) is 0 Å². The first-order valence-corrected chi connectivity index (χ1v) is 9.35. The van der Waals surface area contributed by atoms with Crippen molar-refractivity contribution in [3.05, 3.63) is 59.9 Å². The Kier molecular flexibility index (Phi) is 5.09. The zero-order chi connectivity index (χ0) is 18.8. The minimum Gasteiger partial charge on any atom is -0.495 e. The smallest absolute Gasteiger partial charge is 0.244 e. The van der Waals surface area contributed by atoms with Crippen LogP contribution in [-0.2, 0) is 4.79 Å². The first-order chi connectivity index (χ1) is 13.2. The Morgan fingerprint density at radius 2 is 1.96 bits per heavy atom. The molecule has 1 N–H and O–H groups in total. The number of hydrogen-bond donors (Lipinski definition) is 1. The van der Waals surface area contributed by atoms with Gasteiger partial charge in [-0.15, -0.1) is 0 Å². The number of para-hydroxylation sites is 2. The van der Waals surface area contributed by atoms with Crippen LogP contribution in [0.15, 0.2) is 48.5 Å². The monoisotopic (exact) mass is 369 g/mol. The number of rotatable bonds is 4. The molecule has 2 aromatic carbocycles. The van der Waals surface area contributed by atoms with Gasteiger partial charge in [-0.05, 0) is 36.2 Å². The Morgan fingerprint density at radius 1 is 1.11 bits per heavy atom. The predicted octanol–water partition coefficient (Wildman–Crippen LogP) is 2.59. The molecule has 0 radical (unpaired) electrons. The van der Waals surface area contributed by atoms with Crippen LogP contribution in [0.25, 0.3) is 0 Å². The number of halogens is 1. The third-order valence-electron chi connectivity index (χ3n) is 5.47. The van der Waals surface area contributed by atoms with E-state index in [4.69, 9.17) is 4.74 Å². The number of piperazine rings is 1. The van der Waals surface area contributed by atoms with E-state index in [0.29, 0.717) is 18.8 Å². The lowest BCUT2D eigenvalue weighted by molar-refractivity contribution is -0.122. The normalized spacial score (nSPS) is 23.6. The summed E-state index contributed by atoms with van der Waals surface area (Å²) in [4.78, 5) is 17.3. The summed E-state index contributed by atoms with van der Waals surface area (Å²) in [5.74, 6) is 0.544. The second-order valence-electron chi connectivity index (χ2n) is 6.98. The number of anilines is 1. The van der Waals surface area contributed by atoms with Crippen LogP contribution in [0.5, 0.6) is 5.75 Å². The molecule has 2 heterocycles. The summed E-state index contributed by atoms with van der Waals surface area (Å²) >= 11 is 0. The van der Waals surface area contributed by atoms with Crippen molar-refractivity contribution in [3.63, 3.8) is 0 Å². The van der Waals surface area contributed by atoms with E-state index in [9.17, 15) is 9.18 Å². The molecule has 2 atom stereocenters. The van der Waals surface area contributed by atoms with Crippen LogP contribution in [0.4, 0.5) is 10.1 Å². The molecule has 0 bridgehead atoms. The van der Waals surface area contributed by atoms with E-state index >= 15 is 0 Å². The van der Waals surface area contributed by atoms with E-state index < -0.39 is 0 Å². The minimum absolute atomic E-state index is 0.0129. The zero-order valence-electron chi connectivity index (χ0n) is 15.4. The highest BCUT2D eigenvalue weighted by molar-refractivity contribution is 6.00. The fourth-order valence-electron chi connectivity index (χ4n) is 4.18. The second kappa shape index (κ2) is 7.66. The van der Waals surface area contributed by atoms with E-state index in [-0.39, 0.29) is 23.8 Å². The van der Waals surface area contributed by atoms with Crippen LogP contribution in [0, 0.1) is 5.82 Å². The van der Waals surface area contributed by atoms with Crippen molar-refractivity contribution in [2.45, 2.75) is 18.5 Å². The van der Waals surface area contributed by atoms with Crippen LogP contribution < -0.4 is 15.0 Å². The zero-order valence-corrected chi connectivity index (χ0v) is 15.4. The molecule has 2 unspecified atom stereocenters. The number of ether oxygens (including phenoxy) is 1. The lowest BCUT2D eigenvalue weighted by Crippen LogP contribution is -2.52. The van der Waals surface area contributed by atoms with Gasteiger partial charge in [-0.25, -0.2) is 4.39 Å². The van der Waals surface area contributed by atoms with Crippen molar-refractivity contribution in [1.82, 2.24) is 10.2 Å². The number of benzene rings is 2. The number of nitrogens with one attached hydrogen (secondary N) is 1. The Hall–Kier alpha value is -2.44. The van der Waals surface area contributed by atoms with Crippen molar-refractivity contribution >= 4 is 11.6 Å². The lowest BCUT2D eigenvalue weighted by Gasteiger charge is -2.39. The summed E-state index contributed by atoms with van der Waals surface area (Å²) in [5.41, 5.74) is 1.72. The van der Waals surface area contributed by atoms with E-state index in [0.717, 1.165) is 30.8 Å². The van der Waals surface area contributed by atoms with Gasteiger partial charge in [-0.3, -0.25) is 9.69 Å². The van der Waals surface area contributed by atoms with Crippen LogP contribution in [0.3, 0.4) is 0 Å². The average molecular weight is 369 g/mol. The fourth-order valence-corrected chi connectivity index (χ4v) is 4.18. The summed E-state index contributed by atoms with van der Waals surface area (Å²) in [6.07, 6.45) is 0.753. The molecular formula is C21H24FN3O2. The summed E-state index contributed by atoms with van der Waals surface area (Å²) in [6.45, 7) is 2.95. The third kappa shape index (κ3) is 3.42. The molecule has 2 saturated heterocycles. The molecule has 0 saturated carbocycles.